The van der Waals surface area contributed by atoms with Crippen LogP contribution in [0.25, 0.3) is 11.1 Å². The van der Waals surface area contributed by atoms with Crippen LogP contribution in [-0.4, -0.2) is 35.1 Å². The number of carbonyl (C=O) groups excluding carboxylic acids is 1. The number of hydrogen-bond acceptors (Lipinski definition) is 4. The second kappa shape index (κ2) is 8.84. The molecule has 0 bridgehead atoms. The molecule has 3 aromatic rings. The molecule has 1 amide bonds. The molecule has 0 atom stereocenters. The Balaban J connectivity index is 1.81. The number of H-pyrrole nitrogens is 1. The molecule has 1 aromatic heterocycles. The van der Waals surface area contributed by atoms with Crippen molar-refractivity contribution < 1.29 is 4.79 Å². The normalized spacial score (nSPS) is 10.9. The Labute approximate surface area is 170 Å². The minimum atomic E-state index is -0.477. The van der Waals surface area contributed by atoms with Gasteiger partial charge in [-0.3, -0.25) is 9.59 Å². The standard InChI is InChI=1S/C23H26N4O2/c1-15-16(2)25-26-23(29)21(15)22(28)24-13-19-7-5-6-8-20(19)18-11-9-17(10-12-18)14-27(3)4/h5-12H,13-14H2,1-4H3,(H,24,28)(H,26,29). The third-order valence-corrected chi connectivity index (χ3v) is 4.92. The first-order chi connectivity index (χ1) is 13.9. The molecule has 3 rings (SSSR count). The van der Waals surface area contributed by atoms with Gasteiger partial charge in [0.05, 0.1) is 5.69 Å². The summed E-state index contributed by atoms with van der Waals surface area (Å²) < 4.78 is 0. The van der Waals surface area contributed by atoms with Crippen LogP contribution in [0, 0.1) is 13.8 Å². The van der Waals surface area contributed by atoms with Gasteiger partial charge in [-0.15, -0.1) is 0 Å². The number of nitrogens with one attached hydrogen (secondary N) is 2. The zero-order chi connectivity index (χ0) is 21.0. The molecule has 0 spiro atoms. The summed E-state index contributed by atoms with van der Waals surface area (Å²) >= 11 is 0. The lowest BCUT2D eigenvalue weighted by Crippen LogP contribution is -2.31. The molecule has 0 aliphatic heterocycles. The molecule has 0 saturated carbocycles. The lowest BCUT2D eigenvalue weighted by Gasteiger charge is -2.13. The maximum atomic E-state index is 12.6. The van der Waals surface area contributed by atoms with Crippen molar-refractivity contribution in [2.45, 2.75) is 26.9 Å². The third-order valence-electron chi connectivity index (χ3n) is 4.92. The van der Waals surface area contributed by atoms with Gasteiger partial charge in [-0.1, -0.05) is 48.5 Å². The highest BCUT2D eigenvalue weighted by Gasteiger charge is 2.16. The molecule has 1 heterocycles. The molecular weight excluding hydrogens is 364 g/mol. The lowest BCUT2D eigenvalue weighted by molar-refractivity contribution is 0.0948. The van der Waals surface area contributed by atoms with E-state index in [1.807, 2.05) is 38.4 Å². The smallest absolute Gasteiger partial charge is 0.277 e. The van der Waals surface area contributed by atoms with E-state index in [0.29, 0.717) is 17.8 Å². The van der Waals surface area contributed by atoms with E-state index in [-0.39, 0.29) is 5.56 Å². The number of aromatic nitrogens is 2. The van der Waals surface area contributed by atoms with Crippen LogP contribution in [0.1, 0.15) is 32.7 Å². The Bertz CT molecular complexity index is 1070. The lowest BCUT2D eigenvalue weighted by atomic mass is 9.98. The Morgan fingerprint density at radius 3 is 2.45 bits per heavy atom. The fourth-order valence-electron chi connectivity index (χ4n) is 3.27. The Kier molecular flexibility index (Phi) is 6.24. The summed E-state index contributed by atoms with van der Waals surface area (Å²) in [6.07, 6.45) is 0. The third kappa shape index (κ3) is 4.78. The van der Waals surface area contributed by atoms with E-state index in [4.69, 9.17) is 0 Å². The molecule has 6 heteroatoms. The number of amides is 1. The van der Waals surface area contributed by atoms with Gasteiger partial charge in [0.15, 0.2) is 0 Å². The first-order valence-electron chi connectivity index (χ1n) is 9.53. The summed E-state index contributed by atoms with van der Waals surface area (Å²) in [5, 5.41) is 9.15. The molecule has 29 heavy (non-hydrogen) atoms. The molecular formula is C23H26N4O2. The second-order valence-corrected chi connectivity index (χ2v) is 7.41. The Hall–Kier alpha value is -3.25. The predicted octanol–water partition coefficient (Wildman–Crippen LogP) is 3.05. The van der Waals surface area contributed by atoms with E-state index in [2.05, 4.69) is 44.7 Å². The summed E-state index contributed by atoms with van der Waals surface area (Å²) in [7, 11) is 4.09. The number of aryl methyl sites for hydroxylation is 1. The van der Waals surface area contributed by atoms with Crippen LogP contribution >= 0.6 is 0 Å². The number of aromatic amines is 1. The predicted molar refractivity (Wildman–Crippen MR) is 115 cm³/mol. The van der Waals surface area contributed by atoms with E-state index < -0.39 is 11.5 Å². The van der Waals surface area contributed by atoms with Gasteiger partial charge in [-0.05, 0) is 55.8 Å². The van der Waals surface area contributed by atoms with Crippen molar-refractivity contribution >= 4 is 5.91 Å². The summed E-state index contributed by atoms with van der Waals surface area (Å²) in [5.41, 5.74) is 5.24. The highest BCUT2D eigenvalue weighted by Crippen LogP contribution is 2.24. The van der Waals surface area contributed by atoms with Gasteiger partial charge in [0.2, 0.25) is 0 Å². The number of carbonyl (C=O) groups is 1. The van der Waals surface area contributed by atoms with E-state index in [1.165, 1.54) is 5.56 Å². The Morgan fingerprint density at radius 1 is 1.07 bits per heavy atom. The first kappa shape index (κ1) is 20.5. The van der Waals surface area contributed by atoms with E-state index >= 15 is 0 Å². The van der Waals surface area contributed by atoms with Crippen molar-refractivity contribution in [3.63, 3.8) is 0 Å². The van der Waals surface area contributed by atoms with Gasteiger partial charge < -0.3 is 10.2 Å². The topological polar surface area (TPSA) is 78.1 Å². The fraction of sp³-hybridized carbons (Fsp3) is 0.261. The minimum Gasteiger partial charge on any atom is -0.348 e. The van der Waals surface area contributed by atoms with Crippen LogP contribution in [0.3, 0.4) is 0 Å². The van der Waals surface area contributed by atoms with Crippen molar-refractivity contribution in [1.82, 2.24) is 20.4 Å². The number of hydrogen-bond donors (Lipinski definition) is 2. The summed E-state index contributed by atoms with van der Waals surface area (Å²) in [5.74, 6) is -0.398. The number of benzene rings is 2. The fourth-order valence-corrected chi connectivity index (χ4v) is 3.27. The van der Waals surface area contributed by atoms with Gasteiger partial charge in [-0.25, -0.2) is 5.10 Å². The van der Waals surface area contributed by atoms with Crippen LogP contribution in [0.5, 0.6) is 0 Å². The van der Waals surface area contributed by atoms with Gasteiger partial charge in [0.1, 0.15) is 5.56 Å². The molecule has 0 aliphatic rings. The maximum absolute atomic E-state index is 12.6. The quantitative estimate of drug-likeness (QED) is 0.678. The second-order valence-electron chi connectivity index (χ2n) is 7.41. The van der Waals surface area contributed by atoms with Gasteiger partial charge in [-0.2, -0.15) is 5.10 Å². The van der Waals surface area contributed by atoms with Crippen LogP contribution in [0.2, 0.25) is 0 Å². The Morgan fingerprint density at radius 2 is 1.76 bits per heavy atom. The summed E-state index contributed by atoms with van der Waals surface area (Å²) in [4.78, 5) is 26.8. The summed E-state index contributed by atoms with van der Waals surface area (Å²) in [6.45, 7) is 4.71. The minimum absolute atomic E-state index is 0.114. The molecule has 0 radical (unpaired) electrons. The SMILES string of the molecule is Cc1n[nH]c(=O)c(C(=O)NCc2ccccc2-c2ccc(CN(C)C)cc2)c1C. The molecule has 0 saturated heterocycles. The average molecular weight is 390 g/mol. The number of rotatable bonds is 6. The van der Waals surface area contributed by atoms with Gasteiger partial charge in [0, 0.05) is 13.1 Å². The van der Waals surface area contributed by atoms with Crippen LogP contribution in [-0.2, 0) is 13.1 Å². The zero-order valence-electron chi connectivity index (χ0n) is 17.2. The number of nitrogens with zero attached hydrogens (tertiary/aromatic N) is 2. The molecule has 2 N–H and O–H groups in total. The molecule has 0 unspecified atom stereocenters. The van der Waals surface area contributed by atoms with Gasteiger partial charge >= 0.3 is 0 Å². The molecule has 6 nitrogen and oxygen atoms in total. The maximum Gasteiger partial charge on any atom is 0.277 e. The largest absolute Gasteiger partial charge is 0.348 e. The van der Waals surface area contributed by atoms with Crippen LogP contribution in [0.15, 0.2) is 53.3 Å². The van der Waals surface area contributed by atoms with Gasteiger partial charge in [0.25, 0.3) is 11.5 Å². The van der Waals surface area contributed by atoms with Crippen molar-refractivity contribution in [3.05, 3.63) is 86.8 Å². The monoisotopic (exact) mass is 390 g/mol. The van der Waals surface area contributed by atoms with E-state index in [0.717, 1.165) is 23.2 Å². The molecule has 0 aliphatic carbocycles. The first-order valence-corrected chi connectivity index (χ1v) is 9.53. The van der Waals surface area contributed by atoms with Crippen LogP contribution < -0.4 is 10.9 Å². The van der Waals surface area contributed by atoms with Crippen molar-refractivity contribution in [3.8, 4) is 11.1 Å². The van der Waals surface area contributed by atoms with Crippen molar-refractivity contribution in [2.75, 3.05) is 14.1 Å². The molecule has 0 fully saturated rings. The van der Waals surface area contributed by atoms with E-state index in [1.54, 1.807) is 13.8 Å². The summed E-state index contributed by atoms with van der Waals surface area (Å²) in [6, 6.07) is 16.4. The van der Waals surface area contributed by atoms with Crippen molar-refractivity contribution in [1.29, 1.82) is 0 Å². The van der Waals surface area contributed by atoms with Crippen molar-refractivity contribution in [2.24, 2.45) is 0 Å². The highest BCUT2D eigenvalue weighted by molar-refractivity contribution is 5.95. The highest BCUT2D eigenvalue weighted by atomic mass is 16.2. The molecule has 150 valence electrons. The average Bonchev–Trinajstić information content (AvgIpc) is 2.70. The van der Waals surface area contributed by atoms with Crippen LogP contribution in [0.4, 0.5) is 0 Å². The zero-order valence-corrected chi connectivity index (χ0v) is 17.2. The van der Waals surface area contributed by atoms with E-state index in [9.17, 15) is 9.59 Å². The molecule has 2 aromatic carbocycles.